The van der Waals surface area contributed by atoms with Crippen LogP contribution in [0.15, 0.2) is 40.2 Å². The number of hydrogen-bond donors (Lipinski definition) is 0. The number of nitrogens with zero attached hydrogens (tertiary/aromatic N) is 2. The van der Waals surface area contributed by atoms with Crippen molar-refractivity contribution in [3.63, 3.8) is 0 Å². The molecule has 1 saturated heterocycles. The van der Waals surface area contributed by atoms with Crippen molar-refractivity contribution in [2.24, 2.45) is 0 Å². The second-order valence-corrected chi connectivity index (χ2v) is 7.53. The molecule has 0 amide bonds. The van der Waals surface area contributed by atoms with Crippen molar-refractivity contribution in [1.82, 2.24) is 10.1 Å². The van der Waals surface area contributed by atoms with Crippen LogP contribution in [0.4, 0.5) is 0 Å². The molecule has 0 aliphatic carbocycles. The van der Waals surface area contributed by atoms with E-state index in [1.54, 1.807) is 11.3 Å². The molecule has 25 heavy (non-hydrogen) atoms. The first-order valence-corrected chi connectivity index (χ1v) is 10.1. The van der Waals surface area contributed by atoms with Crippen LogP contribution in [0.1, 0.15) is 32.1 Å². The van der Waals surface area contributed by atoms with Gasteiger partial charge in [-0.05, 0) is 49.5 Å². The van der Waals surface area contributed by atoms with E-state index in [2.05, 4.69) is 16.1 Å². The molecular formula is C20H24N2O2S. The van der Waals surface area contributed by atoms with Gasteiger partial charge in [-0.1, -0.05) is 36.6 Å². The fraction of sp³-hybridized carbons (Fsp3) is 0.450. The van der Waals surface area contributed by atoms with Gasteiger partial charge in [-0.25, -0.2) is 0 Å². The van der Waals surface area contributed by atoms with Gasteiger partial charge in [0.1, 0.15) is 12.4 Å². The van der Waals surface area contributed by atoms with Crippen LogP contribution < -0.4 is 4.74 Å². The number of rotatable bonds is 5. The lowest BCUT2D eigenvalue weighted by molar-refractivity contribution is 0.195. The molecule has 3 heterocycles. The van der Waals surface area contributed by atoms with Crippen molar-refractivity contribution in [2.45, 2.75) is 32.1 Å². The van der Waals surface area contributed by atoms with Crippen LogP contribution in [0.25, 0.3) is 21.5 Å². The summed E-state index contributed by atoms with van der Waals surface area (Å²) < 4.78 is 11.5. The molecular weight excluding hydrogens is 332 g/mol. The van der Waals surface area contributed by atoms with E-state index in [4.69, 9.17) is 9.26 Å². The number of thiophene rings is 1. The predicted molar refractivity (Wildman–Crippen MR) is 102 cm³/mol. The minimum Gasteiger partial charge on any atom is -0.492 e. The summed E-state index contributed by atoms with van der Waals surface area (Å²) in [5.74, 6) is 1.72. The molecule has 0 bridgehead atoms. The maximum absolute atomic E-state index is 6.01. The third-order valence-corrected chi connectivity index (χ3v) is 5.62. The van der Waals surface area contributed by atoms with Crippen LogP contribution in [0, 0.1) is 0 Å². The summed E-state index contributed by atoms with van der Waals surface area (Å²) in [5.41, 5.74) is 1.02. The highest BCUT2D eigenvalue weighted by Crippen LogP contribution is 2.33. The van der Waals surface area contributed by atoms with Crippen molar-refractivity contribution < 1.29 is 9.26 Å². The van der Waals surface area contributed by atoms with Crippen molar-refractivity contribution in [3.8, 4) is 17.1 Å². The van der Waals surface area contributed by atoms with Crippen LogP contribution in [-0.4, -0.2) is 36.3 Å². The fourth-order valence-corrected chi connectivity index (χ4v) is 4.15. The standard InChI is InChI=1S/C20H24N2O2S/c1-2-4-10-22(11-5-3-1)12-13-23-17-8-6-7-16(15-17)19-18-9-14-25-20(18)21-24-19/h6-9,14-15H,1-5,10-13H2. The second kappa shape index (κ2) is 8.02. The topological polar surface area (TPSA) is 38.5 Å². The molecule has 0 N–H and O–H groups in total. The molecule has 5 heteroatoms. The molecule has 1 aromatic carbocycles. The predicted octanol–water partition coefficient (Wildman–Crippen LogP) is 5.20. The molecule has 1 aliphatic rings. The Morgan fingerprint density at radius 1 is 1.08 bits per heavy atom. The Bertz CT molecular complexity index is 803. The number of hydrogen-bond acceptors (Lipinski definition) is 5. The van der Waals surface area contributed by atoms with Crippen LogP contribution in [0.5, 0.6) is 5.75 Å². The van der Waals surface area contributed by atoms with Gasteiger partial charge >= 0.3 is 0 Å². The van der Waals surface area contributed by atoms with Gasteiger partial charge in [-0.2, -0.15) is 0 Å². The normalized spacial score (nSPS) is 16.6. The third-order valence-electron chi connectivity index (χ3n) is 4.83. The first-order valence-electron chi connectivity index (χ1n) is 9.18. The van der Waals surface area contributed by atoms with E-state index in [9.17, 15) is 0 Å². The summed E-state index contributed by atoms with van der Waals surface area (Å²) >= 11 is 1.60. The smallest absolute Gasteiger partial charge is 0.175 e. The van der Waals surface area contributed by atoms with Gasteiger partial charge in [0, 0.05) is 12.1 Å². The van der Waals surface area contributed by atoms with Gasteiger partial charge in [-0.3, -0.25) is 4.90 Å². The minimum atomic E-state index is 0.730. The van der Waals surface area contributed by atoms with Gasteiger partial charge in [0.25, 0.3) is 0 Å². The molecule has 0 unspecified atom stereocenters. The van der Waals surface area contributed by atoms with E-state index < -0.39 is 0 Å². The zero-order valence-electron chi connectivity index (χ0n) is 14.4. The van der Waals surface area contributed by atoms with Gasteiger partial charge in [0.2, 0.25) is 0 Å². The number of benzene rings is 1. The Balaban J connectivity index is 1.37. The van der Waals surface area contributed by atoms with Gasteiger partial charge in [-0.15, -0.1) is 11.3 Å². The van der Waals surface area contributed by atoms with E-state index >= 15 is 0 Å². The lowest BCUT2D eigenvalue weighted by Gasteiger charge is -2.24. The highest BCUT2D eigenvalue weighted by Gasteiger charge is 2.12. The van der Waals surface area contributed by atoms with Crippen molar-refractivity contribution in [2.75, 3.05) is 26.2 Å². The molecule has 132 valence electrons. The minimum absolute atomic E-state index is 0.730. The zero-order valence-corrected chi connectivity index (χ0v) is 15.3. The molecule has 0 atom stereocenters. The van der Waals surface area contributed by atoms with E-state index in [0.717, 1.165) is 40.4 Å². The molecule has 0 radical (unpaired) electrons. The Labute approximate surface area is 152 Å². The van der Waals surface area contributed by atoms with Crippen LogP contribution >= 0.6 is 11.3 Å². The average Bonchev–Trinajstić information content (AvgIpc) is 3.20. The number of fused-ring (bicyclic) bond motifs is 1. The van der Waals surface area contributed by atoms with E-state index in [1.807, 2.05) is 29.6 Å². The molecule has 2 aromatic heterocycles. The Morgan fingerprint density at radius 2 is 1.92 bits per heavy atom. The van der Waals surface area contributed by atoms with Gasteiger partial charge < -0.3 is 9.26 Å². The third kappa shape index (κ3) is 4.05. The monoisotopic (exact) mass is 356 g/mol. The fourth-order valence-electron chi connectivity index (χ4n) is 3.45. The number of aromatic nitrogens is 1. The SMILES string of the molecule is c1cc(OCCN2CCCCCCC2)cc(-c2onc3sccc23)c1. The summed E-state index contributed by atoms with van der Waals surface area (Å²) in [6, 6.07) is 10.2. The molecule has 1 fully saturated rings. The first kappa shape index (κ1) is 16.6. The summed E-state index contributed by atoms with van der Waals surface area (Å²) in [7, 11) is 0. The van der Waals surface area contributed by atoms with Crippen LogP contribution in [0.2, 0.25) is 0 Å². The van der Waals surface area contributed by atoms with Gasteiger partial charge in [0.15, 0.2) is 10.6 Å². The maximum Gasteiger partial charge on any atom is 0.175 e. The average molecular weight is 356 g/mol. The molecule has 3 aromatic rings. The quantitative estimate of drug-likeness (QED) is 0.630. The Kier molecular flexibility index (Phi) is 5.33. The Hall–Kier alpha value is -1.85. The molecule has 1 aliphatic heterocycles. The maximum atomic E-state index is 6.01. The van der Waals surface area contributed by atoms with Crippen molar-refractivity contribution >= 4 is 21.6 Å². The highest BCUT2D eigenvalue weighted by molar-refractivity contribution is 7.16. The molecule has 0 spiro atoms. The summed E-state index contributed by atoms with van der Waals surface area (Å²) in [5, 5.41) is 7.23. The lowest BCUT2D eigenvalue weighted by atomic mass is 10.1. The highest BCUT2D eigenvalue weighted by atomic mass is 32.1. The summed E-state index contributed by atoms with van der Waals surface area (Å²) in [6.45, 7) is 4.14. The summed E-state index contributed by atoms with van der Waals surface area (Å²) in [6.07, 6.45) is 6.77. The molecule has 0 saturated carbocycles. The molecule has 4 nitrogen and oxygen atoms in total. The summed E-state index contributed by atoms with van der Waals surface area (Å²) in [4.78, 5) is 3.48. The van der Waals surface area contributed by atoms with Crippen molar-refractivity contribution in [1.29, 1.82) is 0 Å². The second-order valence-electron chi connectivity index (χ2n) is 6.64. The zero-order chi connectivity index (χ0) is 16.9. The Morgan fingerprint density at radius 3 is 2.80 bits per heavy atom. The lowest BCUT2D eigenvalue weighted by Crippen LogP contribution is -2.31. The van der Waals surface area contributed by atoms with Crippen molar-refractivity contribution in [3.05, 3.63) is 35.7 Å². The first-order chi connectivity index (χ1) is 12.4. The van der Waals surface area contributed by atoms with Crippen LogP contribution in [-0.2, 0) is 0 Å². The van der Waals surface area contributed by atoms with Gasteiger partial charge in [0.05, 0.1) is 5.39 Å². The van der Waals surface area contributed by atoms with E-state index in [0.29, 0.717) is 0 Å². The van der Waals surface area contributed by atoms with E-state index in [1.165, 1.54) is 45.2 Å². The van der Waals surface area contributed by atoms with Crippen LogP contribution in [0.3, 0.4) is 0 Å². The largest absolute Gasteiger partial charge is 0.492 e. The number of ether oxygens (including phenoxy) is 1. The molecule has 4 rings (SSSR count). The number of likely N-dealkylation sites (tertiary alicyclic amines) is 1. The van der Waals surface area contributed by atoms with E-state index in [-0.39, 0.29) is 0 Å².